The molecule has 1 N–H and O–H groups in total. The molecule has 1 aliphatic rings. The molecule has 2 unspecified atom stereocenters. The standard InChI is InChI=1S/C18H21NO/c1-2-20-18-11-7-6-10-15(18)13-19-17-12-16(17)14-8-4-3-5-9-14/h3-11,16-17,19H,2,12-13H2,1H3. The minimum atomic E-state index is 0.604. The number of para-hydroxylation sites is 1. The number of ether oxygens (including phenoxy) is 1. The van der Waals surface area contributed by atoms with Crippen LogP contribution in [-0.4, -0.2) is 12.6 Å². The molecule has 0 heterocycles. The molecule has 2 aromatic carbocycles. The SMILES string of the molecule is CCOc1ccccc1CNC1CC1c1ccccc1. The van der Waals surface area contributed by atoms with Crippen molar-refractivity contribution in [2.24, 2.45) is 0 Å². The Morgan fingerprint density at radius 2 is 1.80 bits per heavy atom. The number of rotatable bonds is 6. The lowest BCUT2D eigenvalue weighted by molar-refractivity contribution is 0.335. The van der Waals surface area contributed by atoms with Crippen LogP contribution in [0.25, 0.3) is 0 Å². The highest BCUT2D eigenvalue weighted by atomic mass is 16.5. The summed E-state index contributed by atoms with van der Waals surface area (Å²) < 4.78 is 5.66. The van der Waals surface area contributed by atoms with Crippen LogP contribution in [0, 0.1) is 0 Å². The van der Waals surface area contributed by atoms with Crippen LogP contribution in [-0.2, 0) is 6.54 Å². The van der Waals surface area contributed by atoms with E-state index in [-0.39, 0.29) is 0 Å². The molecule has 2 heteroatoms. The van der Waals surface area contributed by atoms with Gasteiger partial charge in [0.2, 0.25) is 0 Å². The minimum Gasteiger partial charge on any atom is -0.494 e. The van der Waals surface area contributed by atoms with Gasteiger partial charge in [0.05, 0.1) is 6.61 Å². The molecule has 0 spiro atoms. The second-order valence-electron chi connectivity index (χ2n) is 5.28. The minimum absolute atomic E-state index is 0.604. The molecule has 0 aliphatic heterocycles. The van der Waals surface area contributed by atoms with Gasteiger partial charge in [0, 0.05) is 24.1 Å². The van der Waals surface area contributed by atoms with Gasteiger partial charge in [0.25, 0.3) is 0 Å². The average Bonchev–Trinajstić information content (AvgIpc) is 3.27. The third kappa shape index (κ3) is 3.02. The molecular formula is C18H21NO. The Hall–Kier alpha value is -1.80. The van der Waals surface area contributed by atoms with Crippen LogP contribution in [0.4, 0.5) is 0 Å². The molecule has 3 rings (SSSR count). The van der Waals surface area contributed by atoms with Crippen LogP contribution in [0.5, 0.6) is 5.75 Å². The molecule has 0 aromatic heterocycles. The zero-order chi connectivity index (χ0) is 13.8. The van der Waals surface area contributed by atoms with Gasteiger partial charge in [-0.05, 0) is 25.0 Å². The maximum Gasteiger partial charge on any atom is 0.123 e. The monoisotopic (exact) mass is 267 g/mol. The van der Waals surface area contributed by atoms with Crippen molar-refractivity contribution in [2.45, 2.75) is 31.8 Å². The first-order valence-corrected chi connectivity index (χ1v) is 7.37. The van der Waals surface area contributed by atoms with E-state index in [0.29, 0.717) is 18.6 Å². The van der Waals surface area contributed by atoms with E-state index in [2.05, 4.69) is 47.8 Å². The number of hydrogen-bond donors (Lipinski definition) is 1. The highest BCUT2D eigenvalue weighted by molar-refractivity contribution is 5.34. The lowest BCUT2D eigenvalue weighted by Gasteiger charge is -2.10. The largest absolute Gasteiger partial charge is 0.494 e. The zero-order valence-corrected chi connectivity index (χ0v) is 11.9. The van der Waals surface area contributed by atoms with Gasteiger partial charge >= 0.3 is 0 Å². The fraction of sp³-hybridized carbons (Fsp3) is 0.333. The maximum atomic E-state index is 5.66. The second-order valence-corrected chi connectivity index (χ2v) is 5.28. The number of benzene rings is 2. The van der Waals surface area contributed by atoms with E-state index in [1.807, 2.05) is 19.1 Å². The fourth-order valence-electron chi connectivity index (χ4n) is 2.68. The van der Waals surface area contributed by atoms with Crippen LogP contribution in [0.2, 0.25) is 0 Å². The van der Waals surface area contributed by atoms with Gasteiger partial charge in [-0.1, -0.05) is 48.5 Å². The first-order chi connectivity index (χ1) is 9.88. The first-order valence-electron chi connectivity index (χ1n) is 7.37. The van der Waals surface area contributed by atoms with E-state index >= 15 is 0 Å². The summed E-state index contributed by atoms with van der Waals surface area (Å²) in [5, 5.41) is 3.64. The molecule has 2 atom stereocenters. The smallest absolute Gasteiger partial charge is 0.123 e. The van der Waals surface area contributed by atoms with Gasteiger partial charge in [-0.25, -0.2) is 0 Å². The maximum absolute atomic E-state index is 5.66. The Morgan fingerprint density at radius 3 is 2.60 bits per heavy atom. The predicted octanol–water partition coefficient (Wildman–Crippen LogP) is 3.73. The highest BCUT2D eigenvalue weighted by Crippen LogP contribution is 2.40. The molecule has 1 fully saturated rings. The molecule has 2 aromatic rings. The summed E-state index contributed by atoms with van der Waals surface area (Å²) in [5.41, 5.74) is 2.69. The van der Waals surface area contributed by atoms with Gasteiger partial charge < -0.3 is 10.1 Å². The first kappa shape index (κ1) is 13.2. The summed E-state index contributed by atoms with van der Waals surface area (Å²) >= 11 is 0. The summed E-state index contributed by atoms with van der Waals surface area (Å²) in [6, 6.07) is 19.6. The lowest BCUT2D eigenvalue weighted by atomic mass is 10.1. The number of hydrogen-bond acceptors (Lipinski definition) is 2. The van der Waals surface area contributed by atoms with Crippen LogP contribution in [0.3, 0.4) is 0 Å². The Morgan fingerprint density at radius 1 is 1.05 bits per heavy atom. The van der Waals surface area contributed by atoms with Crippen molar-refractivity contribution in [1.29, 1.82) is 0 Å². The normalized spacial score (nSPS) is 20.6. The molecule has 1 aliphatic carbocycles. The third-order valence-electron chi connectivity index (χ3n) is 3.85. The molecule has 0 amide bonds. The van der Waals surface area contributed by atoms with Crippen molar-refractivity contribution < 1.29 is 4.74 Å². The molecule has 1 saturated carbocycles. The molecule has 0 radical (unpaired) electrons. The van der Waals surface area contributed by atoms with Crippen molar-refractivity contribution in [2.75, 3.05) is 6.61 Å². The Labute approximate surface area is 120 Å². The zero-order valence-electron chi connectivity index (χ0n) is 11.9. The summed E-state index contributed by atoms with van der Waals surface area (Å²) in [7, 11) is 0. The molecule has 0 saturated heterocycles. The van der Waals surface area contributed by atoms with Crippen LogP contribution >= 0.6 is 0 Å². The third-order valence-corrected chi connectivity index (χ3v) is 3.85. The Balaban J connectivity index is 1.57. The summed E-state index contributed by atoms with van der Waals surface area (Å²) in [6.07, 6.45) is 1.24. The second kappa shape index (κ2) is 6.10. The lowest BCUT2D eigenvalue weighted by Crippen LogP contribution is -2.17. The van der Waals surface area contributed by atoms with Crippen molar-refractivity contribution in [3.05, 3.63) is 65.7 Å². The average molecular weight is 267 g/mol. The van der Waals surface area contributed by atoms with Crippen molar-refractivity contribution >= 4 is 0 Å². The molecule has 0 bridgehead atoms. The molecular weight excluding hydrogens is 246 g/mol. The topological polar surface area (TPSA) is 21.3 Å². The van der Waals surface area contributed by atoms with Crippen molar-refractivity contribution in [1.82, 2.24) is 5.32 Å². The van der Waals surface area contributed by atoms with E-state index in [0.717, 1.165) is 12.3 Å². The molecule has 20 heavy (non-hydrogen) atoms. The number of nitrogens with one attached hydrogen (secondary N) is 1. The van der Waals surface area contributed by atoms with E-state index in [1.54, 1.807) is 0 Å². The summed E-state index contributed by atoms with van der Waals surface area (Å²) in [4.78, 5) is 0. The van der Waals surface area contributed by atoms with Gasteiger partial charge in [0.15, 0.2) is 0 Å². The Bertz CT molecular complexity index is 552. The quantitative estimate of drug-likeness (QED) is 0.861. The molecule has 104 valence electrons. The van der Waals surface area contributed by atoms with Crippen LogP contribution in [0.15, 0.2) is 54.6 Å². The van der Waals surface area contributed by atoms with Crippen molar-refractivity contribution in [3.8, 4) is 5.75 Å². The van der Waals surface area contributed by atoms with Gasteiger partial charge in [-0.3, -0.25) is 0 Å². The van der Waals surface area contributed by atoms with E-state index in [4.69, 9.17) is 4.74 Å². The van der Waals surface area contributed by atoms with Crippen molar-refractivity contribution in [3.63, 3.8) is 0 Å². The van der Waals surface area contributed by atoms with Gasteiger partial charge in [-0.2, -0.15) is 0 Å². The van der Waals surface area contributed by atoms with Gasteiger partial charge in [-0.15, -0.1) is 0 Å². The fourth-order valence-corrected chi connectivity index (χ4v) is 2.68. The summed E-state index contributed by atoms with van der Waals surface area (Å²) in [5.74, 6) is 1.68. The van der Waals surface area contributed by atoms with E-state index in [9.17, 15) is 0 Å². The van der Waals surface area contributed by atoms with E-state index < -0.39 is 0 Å². The van der Waals surface area contributed by atoms with Crippen LogP contribution < -0.4 is 10.1 Å². The predicted molar refractivity (Wildman–Crippen MR) is 82.0 cm³/mol. The van der Waals surface area contributed by atoms with Gasteiger partial charge in [0.1, 0.15) is 5.75 Å². The van der Waals surface area contributed by atoms with E-state index in [1.165, 1.54) is 17.5 Å². The Kier molecular flexibility index (Phi) is 4.03. The summed E-state index contributed by atoms with van der Waals surface area (Å²) in [6.45, 7) is 3.62. The van der Waals surface area contributed by atoms with Crippen LogP contribution in [0.1, 0.15) is 30.4 Å². The highest BCUT2D eigenvalue weighted by Gasteiger charge is 2.37. The molecule has 2 nitrogen and oxygen atoms in total.